The molecule has 0 bridgehead atoms. The second-order valence-electron chi connectivity index (χ2n) is 10.4. The number of amides is 1. The molecule has 1 aliphatic heterocycles. The van der Waals surface area contributed by atoms with Gasteiger partial charge in [-0.2, -0.15) is 13.2 Å². The fourth-order valence-electron chi connectivity index (χ4n) is 5.13. The Morgan fingerprint density at radius 2 is 1.67 bits per heavy atom. The number of piperazine rings is 1. The summed E-state index contributed by atoms with van der Waals surface area (Å²) in [5, 5.41) is 3.42. The molecule has 1 N–H and O–H groups in total. The number of hydrogen-bond donors (Lipinski definition) is 1. The molecule has 0 spiro atoms. The van der Waals surface area contributed by atoms with Crippen molar-refractivity contribution in [2.24, 2.45) is 0 Å². The highest BCUT2D eigenvalue weighted by molar-refractivity contribution is 6.10. The van der Waals surface area contributed by atoms with Crippen LogP contribution in [0.4, 0.5) is 18.9 Å². The number of nitrogens with one attached hydrogen (secondary N) is 1. The van der Waals surface area contributed by atoms with E-state index in [0.29, 0.717) is 34.3 Å². The molecule has 0 saturated carbocycles. The highest BCUT2D eigenvalue weighted by atomic mass is 19.4. The van der Waals surface area contributed by atoms with Crippen molar-refractivity contribution in [3.8, 4) is 11.3 Å². The Morgan fingerprint density at radius 3 is 2.43 bits per heavy atom. The van der Waals surface area contributed by atoms with Crippen LogP contribution in [-0.4, -0.2) is 53.4 Å². The summed E-state index contributed by atoms with van der Waals surface area (Å²) in [7, 11) is 0. The number of ketones is 1. The average molecular weight is 573 g/mol. The standard InChI is InChI=1S/C33H31F3N4O2/c1-23-20-39(17-16-37-23)22-28-13-7-15-30(38-28)26-11-5-8-24(18-26)21-40(32(42)33(34,35)36)29-14-6-12-27(19-29)31(41)25-9-3-2-4-10-25/h2-15,18-19,23,37H,16-17,20-22H2,1H3/t23-/m0/s1. The summed E-state index contributed by atoms with van der Waals surface area (Å²) in [4.78, 5) is 33.4. The second-order valence-corrected chi connectivity index (χ2v) is 10.4. The molecular formula is C33H31F3N4O2. The lowest BCUT2D eigenvalue weighted by molar-refractivity contribution is -0.170. The number of benzene rings is 3. The number of nitrogens with zero attached hydrogens (tertiary/aromatic N) is 3. The first-order valence-corrected chi connectivity index (χ1v) is 13.8. The monoisotopic (exact) mass is 572 g/mol. The Balaban J connectivity index is 1.41. The van der Waals surface area contributed by atoms with Gasteiger partial charge in [-0.3, -0.25) is 19.5 Å². The molecule has 0 aliphatic carbocycles. The molecule has 3 aromatic carbocycles. The van der Waals surface area contributed by atoms with Crippen molar-refractivity contribution in [2.75, 3.05) is 24.5 Å². The summed E-state index contributed by atoms with van der Waals surface area (Å²) < 4.78 is 41.2. The van der Waals surface area contributed by atoms with Crippen LogP contribution in [0.25, 0.3) is 11.3 Å². The molecule has 1 aromatic heterocycles. The SMILES string of the molecule is C[C@H]1CN(Cc2cccc(-c3cccc(CN(C(=O)C(F)(F)F)c4cccc(C(=O)c5ccccc5)c4)c3)n2)CCN1. The van der Waals surface area contributed by atoms with Gasteiger partial charge in [0.05, 0.1) is 17.9 Å². The van der Waals surface area contributed by atoms with Crippen LogP contribution in [0.2, 0.25) is 0 Å². The van der Waals surface area contributed by atoms with E-state index in [0.717, 1.165) is 30.9 Å². The third-order valence-electron chi connectivity index (χ3n) is 7.15. The van der Waals surface area contributed by atoms with Crippen molar-refractivity contribution in [1.82, 2.24) is 15.2 Å². The van der Waals surface area contributed by atoms with Gasteiger partial charge in [-0.15, -0.1) is 0 Å². The number of anilines is 1. The minimum Gasteiger partial charge on any atom is -0.312 e. The fourth-order valence-corrected chi connectivity index (χ4v) is 5.13. The molecule has 42 heavy (non-hydrogen) atoms. The molecule has 5 rings (SSSR count). The minimum atomic E-state index is -5.10. The quantitative estimate of drug-likeness (QED) is 0.268. The van der Waals surface area contributed by atoms with Crippen LogP contribution in [0.15, 0.2) is 97.1 Å². The van der Waals surface area contributed by atoms with Crippen molar-refractivity contribution in [1.29, 1.82) is 0 Å². The van der Waals surface area contributed by atoms with Gasteiger partial charge in [0.15, 0.2) is 5.78 Å². The summed E-state index contributed by atoms with van der Waals surface area (Å²) in [6, 6.07) is 27.3. The molecule has 0 radical (unpaired) electrons. The van der Waals surface area contributed by atoms with E-state index in [1.165, 1.54) is 24.3 Å². The molecule has 6 nitrogen and oxygen atoms in total. The van der Waals surface area contributed by atoms with Gasteiger partial charge in [0, 0.05) is 54.6 Å². The minimum absolute atomic E-state index is 0.0186. The van der Waals surface area contributed by atoms with E-state index < -0.39 is 12.1 Å². The summed E-state index contributed by atoms with van der Waals surface area (Å²) in [5.74, 6) is -2.36. The number of carbonyl (C=O) groups is 2. The zero-order valence-corrected chi connectivity index (χ0v) is 23.1. The lowest BCUT2D eigenvalue weighted by Crippen LogP contribution is -2.48. The van der Waals surface area contributed by atoms with Gasteiger partial charge in [0.1, 0.15) is 0 Å². The molecule has 1 atom stereocenters. The third kappa shape index (κ3) is 7.10. The predicted molar refractivity (Wildman–Crippen MR) is 156 cm³/mol. The Hall–Kier alpha value is -4.34. The lowest BCUT2D eigenvalue weighted by atomic mass is 10.0. The van der Waals surface area contributed by atoms with Gasteiger partial charge in [-0.05, 0) is 42.8 Å². The van der Waals surface area contributed by atoms with Crippen LogP contribution in [0.1, 0.15) is 34.1 Å². The number of halogens is 3. The smallest absolute Gasteiger partial charge is 0.312 e. The average Bonchev–Trinajstić information content (AvgIpc) is 2.99. The molecule has 4 aromatic rings. The highest BCUT2D eigenvalue weighted by Gasteiger charge is 2.43. The third-order valence-corrected chi connectivity index (χ3v) is 7.15. The van der Waals surface area contributed by atoms with E-state index in [2.05, 4.69) is 17.1 Å². The van der Waals surface area contributed by atoms with E-state index in [-0.39, 0.29) is 23.6 Å². The van der Waals surface area contributed by atoms with Crippen LogP contribution >= 0.6 is 0 Å². The van der Waals surface area contributed by atoms with Crippen LogP contribution in [0.5, 0.6) is 0 Å². The molecule has 9 heteroatoms. The molecule has 1 saturated heterocycles. The number of rotatable bonds is 8. The van der Waals surface area contributed by atoms with Crippen molar-refractivity contribution in [3.63, 3.8) is 0 Å². The van der Waals surface area contributed by atoms with E-state index in [9.17, 15) is 22.8 Å². The van der Waals surface area contributed by atoms with E-state index >= 15 is 0 Å². The maximum atomic E-state index is 13.7. The lowest BCUT2D eigenvalue weighted by Gasteiger charge is -2.31. The fraction of sp³-hybridized carbons (Fsp3) is 0.242. The van der Waals surface area contributed by atoms with Gasteiger partial charge in [-0.1, -0.05) is 66.7 Å². The highest BCUT2D eigenvalue weighted by Crippen LogP contribution is 2.28. The zero-order valence-electron chi connectivity index (χ0n) is 23.1. The Labute approximate surface area is 242 Å². The maximum Gasteiger partial charge on any atom is 0.471 e. The van der Waals surface area contributed by atoms with Gasteiger partial charge in [0.25, 0.3) is 0 Å². The van der Waals surface area contributed by atoms with Crippen LogP contribution in [0, 0.1) is 0 Å². The van der Waals surface area contributed by atoms with Gasteiger partial charge >= 0.3 is 12.1 Å². The summed E-state index contributed by atoms with van der Waals surface area (Å²) >= 11 is 0. The summed E-state index contributed by atoms with van der Waals surface area (Å²) in [5.41, 5.74) is 3.39. The van der Waals surface area contributed by atoms with Crippen LogP contribution in [-0.2, 0) is 17.9 Å². The van der Waals surface area contributed by atoms with E-state index in [1.54, 1.807) is 48.5 Å². The van der Waals surface area contributed by atoms with Crippen molar-refractivity contribution < 1.29 is 22.8 Å². The number of pyridine rings is 1. The molecule has 1 fully saturated rings. The maximum absolute atomic E-state index is 13.7. The topological polar surface area (TPSA) is 65.5 Å². The van der Waals surface area contributed by atoms with Crippen LogP contribution < -0.4 is 10.2 Å². The molecule has 1 amide bonds. The normalized spacial score (nSPS) is 15.8. The van der Waals surface area contributed by atoms with Gasteiger partial charge < -0.3 is 10.2 Å². The molecule has 2 heterocycles. The van der Waals surface area contributed by atoms with Crippen LogP contribution in [0.3, 0.4) is 0 Å². The van der Waals surface area contributed by atoms with E-state index in [1.807, 2.05) is 24.3 Å². The van der Waals surface area contributed by atoms with Crippen molar-refractivity contribution in [3.05, 3.63) is 119 Å². The summed E-state index contributed by atoms with van der Waals surface area (Å²) in [6.45, 7) is 5.26. The molecule has 216 valence electrons. The zero-order chi connectivity index (χ0) is 29.7. The van der Waals surface area contributed by atoms with Crippen molar-refractivity contribution in [2.45, 2.75) is 32.2 Å². The summed E-state index contributed by atoms with van der Waals surface area (Å²) in [6.07, 6.45) is -5.10. The number of aromatic nitrogens is 1. The van der Waals surface area contributed by atoms with E-state index in [4.69, 9.17) is 4.98 Å². The predicted octanol–water partition coefficient (Wildman–Crippen LogP) is 5.87. The first-order chi connectivity index (χ1) is 20.2. The Morgan fingerprint density at radius 1 is 0.929 bits per heavy atom. The largest absolute Gasteiger partial charge is 0.471 e. The van der Waals surface area contributed by atoms with Gasteiger partial charge in [0.2, 0.25) is 0 Å². The first-order valence-electron chi connectivity index (χ1n) is 13.8. The molecule has 1 aliphatic rings. The first kappa shape index (κ1) is 29.2. The van der Waals surface area contributed by atoms with Gasteiger partial charge in [-0.25, -0.2) is 0 Å². The number of carbonyl (C=O) groups excluding carboxylic acids is 2. The number of alkyl halides is 3. The van der Waals surface area contributed by atoms with Crippen molar-refractivity contribution >= 4 is 17.4 Å². The Kier molecular flexibility index (Phi) is 8.80. The number of hydrogen-bond acceptors (Lipinski definition) is 5. The second kappa shape index (κ2) is 12.7. The molecule has 0 unspecified atom stereocenters. The Bertz CT molecular complexity index is 1560. The molecular weight excluding hydrogens is 541 g/mol.